The average molecular weight is 272 g/mol. The predicted molar refractivity (Wildman–Crippen MR) is 74.8 cm³/mol. The number of hydrogen-bond donors (Lipinski definition) is 2. The molecule has 0 aliphatic heterocycles. The van der Waals surface area contributed by atoms with Gasteiger partial charge in [0.05, 0.1) is 5.56 Å². The first-order valence-electron chi connectivity index (χ1n) is 6.31. The monoisotopic (exact) mass is 272 g/mol. The third-order valence-corrected chi connectivity index (χ3v) is 2.73. The molecular formula is C15H16N2O3. The van der Waals surface area contributed by atoms with Crippen LogP contribution in [0.3, 0.4) is 0 Å². The van der Waals surface area contributed by atoms with E-state index >= 15 is 0 Å². The summed E-state index contributed by atoms with van der Waals surface area (Å²) in [6.07, 6.45) is 3.52. The lowest BCUT2D eigenvalue weighted by Gasteiger charge is -2.07. The molecule has 5 nitrogen and oxygen atoms in total. The minimum absolute atomic E-state index is 0.258. The Morgan fingerprint density at radius 1 is 1.15 bits per heavy atom. The van der Waals surface area contributed by atoms with E-state index in [9.17, 15) is 4.79 Å². The molecule has 2 aromatic rings. The maximum atomic E-state index is 10.7. The minimum atomic E-state index is -0.935. The summed E-state index contributed by atoms with van der Waals surface area (Å²) in [5, 5.41) is 12.0. The molecule has 5 heteroatoms. The molecule has 0 unspecified atom stereocenters. The predicted octanol–water partition coefficient (Wildman–Crippen LogP) is 1.95. The molecule has 0 spiro atoms. The zero-order valence-electron chi connectivity index (χ0n) is 11.0. The lowest BCUT2D eigenvalue weighted by Crippen LogP contribution is -2.20. The van der Waals surface area contributed by atoms with E-state index in [1.807, 2.05) is 12.1 Å². The Labute approximate surface area is 117 Å². The molecule has 0 aliphatic rings. The fourth-order valence-electron chi connectivity index (χ4n) is 1.67. The van der Waals surface area contributed by atoms with Crippen LogP contribution in [0.4, 0.5) is 0 Å². The van der Waals surface area contributed by atoms with Crippen LogP contribution in [0.2, 0.25) is 0 Å². The number of ether oxygens (including phenoxy) is 1. The Hall–Kier alpha value is -2.40. The summed E-state index contributed by atoms with van der Waals surface area (Å²) in [5.41, 5.74) is 1.43. The maximum absolute atomic E-state index is 10.7. The number of pyridine rings is 1. The van der Waals surface area contributed by atoms with Gasteiger partial charge >= 0.3 is 5.97 Å². The van der Waals surface area contributed by atoms with Gasteiger partial charge in [-0.25, -0.2) is 4.79 Å². The fraction of sp³-hybridized carbons (Fsp3) is 0.200. The highest BCUT2D eigenvalue weighted by molar-refractivity contribution is 5.87. The second-order valence-electron chi connectivity index (χ2n) is 4.21. The number of aromatic nitrogens is 1. The molecule has 104 valence electrons. The van der Waals surface area contributed by atoms with Crippen molar-refractivity contribution in [2.45, 2.75) is 6.54 Å². The maximum Gasteiger partial charge on any atom is 0.335 e. The van der Waals surface area contributed by atoms with Gasteiger partial charge in [-0.05, 0) is 42.0 Å². The second kappa shape index (κ2) is 7.25. The Kier molecular flexibility index (Phi) is 5.08. The highest BCUT2D eigenvalue weighted by Gasteiger charge is 2.01. The smallest absolute Gasteiger partial charge is 0.335 e. The van der Waals surface area contributed by atoms with Gasteiger partial charge in [0.2, 0.25) is 0 Å². The topological polar surface area (TPSA) is 71.5 Å². The molecule has 0 radical (unpaired) electrons. The van der Waals surface area contributed by atoms with E-state index in [0.29, 0.717) is 18.9 Å². The van der Waals surface area contributed by atoms with E-state index < -0.39 is 5.97 Å². The van der Waals surface area contributed by atoms with Gasteiger partial charge in [0, 0.05) is 25.5 Å². The van der Waals surface area contributed by atoms with Crippen LogP contribution in [0.25, 0.3) is 0 Å². The summed E-state index contributed by atoms with van der Waals surface area (Å²) in [7, 11) is 0. The number of rotatable bonds is 7. The molecule has 1 aromatic carbocycles. The molecule has 0 saturated carbocycles. The number of carbonyl (C=O) groups is 1. The number of carboxylic acids is 1. The Bertz CT molecular complexity index is 541. The largest absolute Gasteiger partial charge is 0.492 e. The average Bonchev–Trinajstić information content (AvgIpc) is 2.48. The lowest BCUT2D eigenvalue weighted by molar-refractivity contribution is 0.0697. The fourth-order valence-corrected chi connectivity index (χ4v) is 1.67. The van der Waals surface area contributed by atoms with Gasteiger partial charge < -0.3 is 15.2 Å². The summed E-state index contributed by atoms with van der Waals surface area (Å²) in [6, 6.07) is 10.3. The van der Waals surface area contributed by atoms with Crippen LogP contribution in [-0.2, 0) is 6.54 Å². The molecule has 0 aliphatic carbocycles. The van der Waals surface area contributed by atoms with Crippen molar-refractivity contribution in [2.24, 2.45) is 0 Å². The lowest BCUT2D eigenvalue weighted by atomic mass is 10.2. The number of benzene rings is 1. The van der Waals surface area contributed by atoms with Crippen LogP contribution < -0.4 is 10.1 Å². The molecule has 0 atom stereocenters. The summed E-state index contributed by atoms with van der Waals surface area (Å²) < 4.78 is 5.51. The van der Waals surface area contributed by atoms with E-state index in [4.69, 9.17) is 9.84 Å². The van der Waals surface area contributed by atoms with E-state index in [1.165, 1.54) is 17.7 Å². The standard InChI is InChI=1S/C15H16N2O3/c18-15(19)13-1-3-14(4-2-13)20-10-9-17-11-12-5-7-16-8-6-12/h1-8,17H,9-11H2,(H,18,19). The highest BCUT2D eigenvalue weighted by atomic mass is 16.5. The number of aromatic carboxylic acids is 1. The van der Waals surface area contributed by atoms with E-state index in [1.54, 1.807) is 24.5 Å². The van der Waals surface area contributed by atoms with E-state index in [0.717, 1.165) is 6.54 Å². The van der Waals surface area contributed by atoms with Crippen molar-refractivity contribution in [3.05, 3.63) is 59.9 Å². The van der Waals surface area contributed by atoms with Crippen LogP contribution in [-0.4, -0.2) is 29.2 Å². The van der Waals surface area contributed by atoms with Crippen LogP contribution in [0.1, 0.15) is 15.9 Å². The Morgan fingerprint density at radius 3 is 2.50 bits per heavy atom. The quantitative estimate of drug-likeness (QED) is 0.754. The molecule has 0 bridgehead atoms. The van der Waals surface area contributed by atoms with Gasteiger partial charge in [0.25, 0.3) is 0 Å². The number of nitrogens with one attached hydrogen (secondary N) is 1. The first-order chi connectivity index (χ1) is 9.75. The van der Waals surface area contributed by atoms with Crippen molar-refractivity contribution in [1.82, 2.24) is 10.3 Å². The van der Waals surface area contributed by atoms with Crippen molar-refractivity contribution < 1.29 is 14.6 Å². The van der Waals surface area contributed by atoms with E-state index in [-0.39, 0.29) is 5.56 Å². The second-order valence-corrected chi connectivity index (χ2v) is 4.21. The van der Waals surface area contributed by atoms with Crippen molar-refractivity contribution in [3.8, 4) is 5.75 Å². The highest BCUT2D eigenvalue weighted by Crippen LogP contribution is 2.11. The Balaban J connectivity index is 1.67. The van der Waals surface area contributed by atoms with Crippen molar-refractivity contribution in [2.75, 3.05) is 13.2 Å². The number of nitrogens with zero attached hydrogens (tertiary/aromatic N) is 1. The van der Waals surface area contributed by atoms with Crippen LogP contribution in [0.15, 0.2) is 48.8 Å². The van der Waals surface area contributed by atoms with Gasteiger partial charge in [-0.2, -0.15) is 0 Å². The number of carboxylic acid groups (broad SMARTS) is 1. The summed E-state index contributed by atoms with van der Waals surface area (Å²) in [4.78, 5) is 14.6. The normalized spacial score (nSPS) is 10.2. The summed E-state index contributed by atoms with van der Waals surface area (Å²) in [6.45, 7) is 2.00. The zero-order chi connectivity index (χ0) is 14.2. The van der Waals surface area contributed by atoms with Gasteiger partial charge in [0.15, 0.2) is 0 Å². The Morgan fingerprint density at radius 2 is 1.85 bits per heavy atom. The molecule has 20 heavy (non-hydrogen) atoms. The molecule has 1 aromatic heterocycles. The van der Waals surface area contributed by atoms with Crippen LogP contribution in [0.5, 0.6) is 5.75 Å². The molecule has 2 rings (SSSR count). The third kappa shape index (κ3) is 4.37. The summed E-state index contributed by atoms with van der Waals surface area (Å²) in [5.74, 6) is -0.267. The first kappa shape index (κ1) is 14.0. The minimum Gasteiger partial charge on any atom is -0.492 e. The SMILES string of the molecule is O=C(O)c1ccc(OCCNCc2ccncc2)cc1. The molecule has 2 N–H and O–H groups in total. The molecule has 1 heterocycles. The third-order valence-electron chi connectivity index (χ3n) is 2.73. The van der Waals surface area contributed by atoms with Crippen molar-refractivity contribution in [1.29, 1.82) is 0 Å². The van der Waals surface area contributed by atoms with Gasteiger partial charge in [-0.1, -0.05) is 0 Å². The van der Waals surface area contributed by atoms with Crippen molar-refractivity contribution in [3.63, 3.8) is 0 Å². The molecule has 0 saturated heterocycles. The molecule has 0 fully saturated rings. The van der Waals surface area contributed by atoms with Crippen LogP contribution in [0, 0.1) is 0 Å². The molecule has 0 amide bonds. The van der Waals surface area contributed by atoms with E-state index in [2.05, 4.69) is 10.3 Å². The van der Waals surface area contributed by atoms with Crippen molar-refractivity contribution >= 4 is 5.97 Å². The first-order valence-corrected chi connectivity index (χ1v) is 6.31. The zero-order valence-corrected chi connectivity index (χ0v) is 11.0. The van der Waals surface area contributed by atoms with Gasteiger partial charge in [0.1, 0.15) is 12.4 Å². The van der Waals surface area contributed by atoms with Gasteiger partial charge in [-0.3, -0.25) is 4.98 Å². The summed E-state index contributed by atoms with van der Waals surface area (Å²) >= 11 is 0. The molecular weight excluding hydrogens is 256 g/mol. The number of hydrogen-bond acceptors (Lipinski definition) is 4. The van der Waals surface area contributed by atoms with Gasteiger partial charge in [-0.15, -0.1) is 0 Å². The van der Waals surface area contributed by atoms with Crippen LogP contribution >= 0.6 is 0 Å².